The van der Waals surface area contributed by atoms with Crippen molar-refractivity contribution in [3.05, 3.63) is 0 Å². The Labute approximate surface area is 189 Å². The van der Waals surface area contributed by atoms with E-state index >= 15 is 0 Å². The lowest BCUT2D eigenvalue weighted by Gasteiger charge is -2.48. The van der Waals surface area contributed by atoms with Crippen molar-refractivity contribution in [3.63, 3.8) is 0 Å². The molecule has 194 valence electrons. The van der Waals surface area contributed by atoms with E-state index in [4.69, 9.17) is 41.9 Å². The highest BCUT2D eigenvalue weighted by molar-refractivity contribution is 5.01. The van der Waals surface area contributed by atoms with Crippen LogP contribution < -0.4 is 22.9 Å². The molecule has 1 saturated carbocycles. The Morgan fingerprint density at radius 2 is 1.18 bits per heavy atom. The SMILES string of the molecule is NCC1O[C@H](O[C@H]2C(O)C(O[C@H]3OC(CO)[C@@H](O)C(N)[C@@H]3O)[C@H](N)C[C@H]2N)[C@@H](O)C(O)[C@@H]1O. The summed E-state index contributed by atoms with van der Waals surface area (Å²) in [4.78, 5) is 0. The topological polar surface area (TPSA) is 283 Å². The van der Waals surface area contributed by atoms with Gasteiger partial charge in [0.15, 0.2) is 12.6 Å². The van der Waals surface area contributed by atoms with Gasteiger partial charge in [0.1, 0.15) is 61.0 Å². The van der Waals surface area contributed by atoms with E-state index in [1.807, 2.05) is 0 Å². The summed E-state index contributed by atoms with van der Waals surface area (Å²) in [5.74, 6) is 0. The fraction of sp³-hybridized carbons (Fsp3) is 1.00. The highest BCUT2D eigenvalue weighted by Gasteiger charge is 2.51. The second kappa shape index (κ2) is 11.0. The van der Waals surface area contributed by atoms with Crippen LogP contribution in [0.3, 0.4) is 0 Å². The Bertz CT molecular complexity index is 584. The van der Waals surface area contributed by atoms with Crippen LogP contribution >= 0.6 is 0 Å². The maximum atomic E-state index is 10.9. The minimum absolute atomic E-state index is 0.0849. The molecule has 0 aromatic rings. The van der Waals surface area contributed by atoms with Gasteiger partial charge in [0.25, 0.3) is 0 Å². The summed E-state index contributed by atoms with van der Waals surface area (Å²) < 4.78 is 22.2. The summed E-state index contributed by atoms with van der Waals surface area (Å²) >= 11 is 0. The lowest BCUT2D eigenvalue weighted by Crippen LogP contribution is -2.68. The van der Waals surface area contributed by atoms with Crippen molar-refractivity contribution in [2.75, 3.05) is 13.2 Å². The third-order valence-electron chi connectivity index (χ3n) is 6.48. The van der Waals surface area contributed by atoms with Gasteiger partial charge in [0.2, 0.25) is 0 Å². The zero-order chi connectivity index (χ0) is 24.6. The Morgan fingerprint density at radius 3 is 1.70 bits per heavy atom. The standard InChI is InChI=1S/C18H36N4O11/c19-2-6-10(25)12(27)13(28)18(30-6)33-16-5(21)1-4(20)15(14(16)29)32-17-11(26)8(22)9(24)7(3-23)31-17/h4-18,23-29H,1-3,19-22H2/t4-,5-,6?,7?,8?,9-,10-,11+,12?,13+,14?,15?,16-,17-,18-/m1/s1. The molecule has 15 nitrogen and oxygen atoms in total. The van der Waals surface area contributed by atoms with Crippen LogP contribution in [0, 0.1) is 0 Å². The molecule has 0 spiro atoms. The maximum Gasteiger partial charge on any atom is 0.187 e. The van der Waals surface area contributed by atoms with Crippen LogP contribution in [-0.2, 0) is 18.9 Å². The lowest BCUT2D eigenvalue weighted by atomic mass is 9.84. The van der Waals surface area contributed by atoms with E-state index in [1.165, 1.54) is 0 Å². The molecular formula is C18H36N4O11. The van der Waals surface area contributed by atoms with Gasteiger partial charge < -0.3 is 77.6 Å². The van der Waals surface area contributed by atoms with E-state index in [2.05, 4.69) is 0 Å². The molecular weight excluding hydrogens is 448 g/mol. The zero-order valence-electron chi connectivity index (χ0n) is 17.9. The molecule has 0 amide bonds. The first-order chi connectivity index (χ1) is 15.5. The van der Waals surface area contributed by atoms with E-state index in [1.54, 1.807) is 0 Å². The summed E-state index contributed by atoms with van der Waals surface area (Å²) in [5, 5.41) is 70.9. The average molecular weight is 485 g/mol. The number of rotatable bonds is 6. The van der Waals surface area contributed by atoms with Crippen LogP contribution in [0.5, 0.6) is 0 Å². The lowest BCUT2D eigenvalue weighted by molar-refractivity contribution is -0.332. The average Bonchev–Trinajstić information content (AvgIpc) is 2.79. The van der Waals surface area contributed by atoms with Gasteiger partial charge in [-0.1, -0.05) is 0 Å². The second-order valence-corrected chi connectivity index (χ2v) is 8.79. The van der Waals surface area contributed by atoms with Crippen molar-refractivity contribution in [1.29, 1.82) is 0 Å². The van der Waals surface area contributed by atoms with Crippen LogP contribution in [0.25, 0.3) is 0 Å². The quantitative estimate of drug-likeness (QED) is 0.167. The third-order valence-corrected chi connectivity index (χ3v) is 6.48. The molecule has 0 aromatic carbocycles. The molecule has 3 fully saturated rings. The number of aliphatic hydroxyl groups is 7. The van der Waals surface area contributed by atoms with Gasteiger partial charge in [0.05, 0.1) is 12.6 Å². The number of hydrogen-bond acceptors (Lipinski definition) is 15. The van der Waals surface area contributed by atoms with E-state index < -0.39 is 98.4 Å². The van der Waals surface area contributed by atoms with Gasteiger partial charge in [-0.15, -0.1) is 0 Å². The van der Waals surface area contributed by atoms with Gasteiger partial charge >= 0.3 is 0 Å². The first kappa shape index (κ1) is 27.0. The summed E-state index contributed by atoms with van der Waals surface area (Å²) in [7, 11) is 0. The van der Waals surface area contributed by atoms with Crippen LogP contribution in [0.1, 0.15) is 6.42 Å². The molecule has 3 rings (SSSR count). The molecule has 33 heavy (non-hydrogen) atoms. The predicted molar refractivity (Wildman–Crippen MR) is 108 cm³/mol. The molecule has 1 aliphatic carbocycles. The summed E-state index contributed by atoms with van der Waals surface area (Å²) in [6.07, 6.45) is -16.5. The van der Waals surface area contributed by atoms with E-state index in [0.29, 0.717) is 0 Å². The summed E-state index contributed by atoms with van der Waals surface area (Å²) in [5.41, 5.74) is 23.5. The van der Waals surface area contributed by atoms with Crippen molar-refractivity contribution in [3.8, 4) is 0 Å². The molecule has 15 N–H and O–H groups in total. The Balaban J connectivity index is 1.72. The van der Waals surface area contributed by atoms with E-state index in [0.717, 1.165) is 0 Å². The molecule has 15 heteroatoms. The summed E-state index contributed by atoms with van der Waals surface area (Å²) in [6, 6.07) is -2.86. The van der Waals surface area contributed by atoms with Crippen molar-refractivity contribution in [2.24, 2.45) is 22.9 Å². The smallest absolute Gasteiger partial charge is 0.187 e. The van der Waals surface area contributed by atoms with Crippen LogP contribution in [0.2, 0.25) is 0 Å². The Morgan fingerprint density at radius 1 is 0.667 bits per heavy atom. The first-order valence-corrected chi connectivity index (χ1v) is 10.8. The molecule has 2 aliphatic heterocycles. The monoisotopic (exact) mass is 484 g/mol. The maximum absolute atomic E-state index is 10.9. The minimum atomic E-state index is -1.66. The van der Waals surface area contributed by atoms with Gasteiger partial charge in [-0.3, -0.25) is 0 Å². The number of nitrogens with two attached hydrogens (primary N) is 4. The number of hydrogen-bond donors (Lipinski definition) is 11. The molecule has 0 radical (unpaired) electrons. The Hall–Kier alpha value is -0.600. The summed E-state index contributed by atoms with van der Waals surface area (Å²) in [6.45, 7) is -0.763. The molecule has 2 saturated heterocycles. The minimum Gasteiger partial charge on any atom is -0.394 e. The van der Waals surface area contributed by atoms with E-state index in [9.17, 15) is 35.7 Å². The third kappa shape index (κ3) is 5.32. The normalized spacial score (nSPS) is 53.7. The van der Waals surface area contributed by atoms with Crippen molar-refractivity contribution in [1.82, 2.24) is 0 Å². The number of ether oxygens (including phenoxy) is 4. The van der Waals surface area contributed by atoms with Gasteiger partial charge in [-0.2, -0.15) is 0 Å². The fourth-order valence-electron chi connectivity index (χ4n) is 4.40. The largest absolute Gasteiger partial charge is 0.394 e. The van der Waals surface area contributed by atoms with Gasteiger partial charge in [0, 0.05) is 18.6 Å². The van der Waals surface area contributed by atoms with E-state index in [-0.39, 0.29) is 13.0 Å². The molecule has 15 atom stereocenters. The zero-order valence-corrected chi connectivity index (χ0v) is 17.9. The predicted octanol–water partition coefficient (Wildman–Crippen LogP) is -7.29. The van der Waals surface area contributed by atoms with Gasteiger partial charge in [-0.05, 0) is 6.42 Å². The van der Waals surface area contributed by atoms with Crippen LogP contribution in [-0.4, -0.2) is 141 Å². The van der Waals surface area contributed by atoms with Crippen molar-refractivity contribution >= 4 is 0 Å². The Kier molecular flexibility index (Phi) is 8.99. The molecule has 0 bridgehead atoms. The first-order valence-electron chi connectivity index (χ1n) is 10.8. The molecule has 0 aromatic heterocycles. The second-order valence-electron chi connectivity index (χ2n) is 8.79. The van der Waals surface area contributed by atoms with Crippen LogP contribution in [0.4, 0.5) is 0 Å². The molecule has 6 unspecified atom stereocenters. The molecule has 2 heterocycles. The van der Waals surface area contributed by atoms with Crippen molar-refractivity contribution in [2.45, 2.75) is 98.2 Å². The highest BCUT2D eigenvalue weighted by atomic mass is 16.7. The van der Waals surface area contributed by atoms with Crippen molar-refractivity contribution < 1.29 is 54.7 Å². The van der Waals surface area contributed by atoms with Crippen LogP contribution in [0.15, 0.2) is 0 Å². The number of aliphatic hydroxyl groups excluding tert-OH is 7. The fourth-order valence-corrected chi connectivity index (χ4v) is 4.40. The van der Waals surface area contributed by atoms with Gasteiger partial charge in [-0.25, -0.2) is 0 Å². The molecule has 3 aliphatic rings. The highest BCUT2D eigenvalue weighted by Crippen LogP contribution is 2.31.